The average Bonchev–Trinajstić information content (AvgIpc) is 2.81. The van der Waals surface area contributed by atoms with Crippen LogP contribution in [0, 0.1) is 0 Å². The Morgan fingerprint density at radius 3 is 2.04 bits per heavy atom. The molecule has 0 aliphatic carbocycles. The topological polar surface area (TPSA) is 55.1 Å². The minimum atomic E-state index is -4.91. The van der Waals surface area contributed by atoms with Gasteiger partial charge in [0.15, 0.2) is 0 Å². The molecule has 0 aliphatic rings. The molecule has 2 rings (SSSR count). The van der Waals surface area contributed by atoms with Crippen LogP contribution in [0.2, 0.25) is 0 Å². The van der Waals surface area contributed by atoms with Crippen LogP contribution in [0.25, 0.3) is 11.3 Å². The normalized spacial score (nSPS) is 12.3. The second-order valence-electron chi connectivity index (χ2n) is 4.45. The minimum Gasteiger partial charge on any atom is -0.416 e. The van der Waals surface area contributed by atoms with Crippen LogP contribution < -0.4 is 5.32 Å². The molecule has 1 aromatic heterocycles. The molecule has 1 aromatic carbocycles. The number of alkyl halides is 6. The first-order valence-corrected chi connectivity index (χ1v) is 6.01. The van der Waals surface area contributed by atoms with Gasteiger partial charge in [-0.15, -0.1) is 0 Å². The predicted molar refractivity (Wildman–Crippen MR) is 66.2 cm³/mol. The lowest BCUT2D eigenvalue weighted by Gasteiger charge is -2.07. The summed E-state index contributed by atoms with van der Waals surface area (Å²) in [6, 6.07) is 3.25. The van der Waals surface area contributed by atoms with Crippen molar-refractivity contribution in [2.75, 3.05) is 5.32 Å². The summed E-state index contributed by atoms with van der Waals surface area (Å²) >= 11 is 0. The highest BCUT2D eigenvalue weighted by Crippen LogP contribution is 2.37. The Bertz CT molecular complexity index is 716. The summed E-state index contributed by atoms with van der Waals surface area (Å²) < 4.78 is 79.8. The van der Waals surface area contributed by atoms with Crippen LogP contribution in [0.1, 0.15) is 18.4 Å². The van der Waals surface area contributed by atoms with E-state index in [1.807, 2.05) is 5.32 Å². The number of hydrogen-bond donors (Lipinski definition) is 1. The number of nitrogens with zero attached hydrogens (tertiary/aromatic N) is 1. The fraction of sp³-hybridized carbons (Fsp3) is 0.231. The van der Waals surface area contributed by atoms with Crippen LogP contribution in [-0.2, 0) is 17.1 Å². The highest BCUT2D eigenvalue weighted by atomic mass is 19.4. The molecular weight excluding hydrogens is 330 g/mol. The number of benzene rings is 1. The molecule has 10 heteroatoms. The number of carbonyl (C=O) groups excluding carboxylic acids is 1. The number of carbonyl (C=O) groups is 1. The van der Waals surface area contributed by atoms with Crippen molar-refractivity contribution in [3.8, 4) is 11.3 Å². The molecule has 0 atom stereocenters. The van der Waals surface area contributed by atoms with Crippen LogP contribution >= 0.6 is 0 Å². The first kappa shape index (κ1) is 16.8. The van der Waals surface area contributed by atoms with Gasteiger partial charge in [-0.3, -0.25) is 10.1 Å². The lowest BCUT2D eigenvalue weighted by atomic mass is 10.1. The second-order valence-corrected chi connectivity index (χ2v) is 4.45. The van der Waals surface area contributed by atoms with E-state index in [-0.39, 0.29) is 5.56 Å². The lowest BCUT2D eigenvalue weighted by molar-refractivity contribution is -0.156. The van der Waals surface area contributed by atoms with Crippen molar-refractivity contribution < 1.29 is 35.6 Å². The summed E-state index contributed by atoms with van der Waals surface area (Å²) in [4.78, 5) is 14.2. The van der Waals surface area contributed by atoms with E-state index in [1.54, 1.807) is 0 Å². The van der Waals surface area contributed by atoms with Crippen molar-refractivity contribution in [1.82, 2.24) is 4.98 Å². The maximum absolute atomic E-state index is 12.6. The number of nitrogens with one attached hydrogen (secondary N) is 1. The molecule has 124 valence electrons. The first-order chi connectivity index (χ1) is 10.5. The molecule has 0 unspecified atom stereocenters. The van der Waals surface area contributed by atoms with Gasteiger partial charge in [0.2, 0.25) is 11.8 Å². The van der Waals surface area contributed by atoms with Crippen LogP contribution in [0.4, 0.5) is 32.2 Å². The molecule has 2 aromatic rings. The summed E-state index contributed by atoms with van der Waals surface area (Å²) in [6.07, 6.45) is -9.49. The number of hydrogen-bond acceptors (Lipinski definition) is 3. The number of halogens is 6. The Hall–Kier alpha value is -2.52. The summed E-state index contributed by atoms with van der Waals surface area (Å²) in [6.45, 7) is 1.03. The zero-order chi connectivity index (χ0) is 17.4. The van der Waals surface area contributed by atoms with Crippen molar-refractivity contribution in [3.05, 3.63) is 35.7 Å². The summed E-state index contributed by atoms with van der Waals surface area (Å²) in [7, 11) is 0. The van der Waals surface area contributed by atoms with Crippen molar-refractivity contribution in [2.24, 2.45) is 0 Å². The van der Waals surface area contributed by atoms with Crippen LogP contribution in [-0.4, -0.2) is 10.9 Å². The summed E-state index contributed by atoms with van der Waals surface area (Å²) in [5.41, 5.74) is -1.45. The fourth-order valence-electron chi connectivity index (χ4n) is 1.70. The first-order valence-electron chi connectivity index (χ1n) is 6.01. The third kappa shape index (κ3) is 3.82. The van der Waals surface area contributed by atoms with Gasteiger partial charge in [-0.25, -0.2) is 4.98 Å². The smallest absolute Gasteiger partial charge is 0.416 e. The van der Waals surface area contributed by atoms with Gasteiger partial charge in [0.1, 0.15) is 5.69 Å². The van der Waals surface area contributed by atoms with Gasteiger partial charge in [0.05, 0.1) is 5.56 Å². The molecule has 4 nitrogen and oxygen atoms in total. The van der Waals surface area contributed by atoms with Crippen LogP contribution in [0.5, 0.6) is 0 Å². The molecule has 0 aliphatic heterocycles. The largest absolute Gasteiger partial charge is 0.469 e. The molecule has 0 bridgehead atoms. The Morgan fingerprint density at radius 1 is 1.04 bits per heavy atom. The zero-order valence-electron chi connectivity index (χ0n) is 11.3. The van der Waals surface area contributed by atoms with Crippen LogP contribution in [0.15, 0.2) is 28.7 Å². The van der Waals surface area contributed by atoms with Crippen molar-refractivity contribution >= 4 is 11.8 Å². The Labute approximate surface area is 125 Å². The molecule has 1 N–H and O–H groups in total. The van der Waals surface area contributed by atoms with Crippen molar-refractivity contribution in [2.45, 2.75) is 19.3 Å². The number of rotatable bonds is 2. The molecule has 0 saturated carbocycles. The third-order valence-corrected chi connectivity index (χ3v) is 2.64. The summed E-state index contributed by atoms with van der Waals surface area (Å²) in [5, 5.41) is 2.02. The fourth-order valence-corrected chi connectivity index (χ4v) is 1.70. The van der Waals surface area contributed by atoms with E-state index in [9.17, 15) is 31.1 Å². The number of anilines is 1. The molecule has 0 spiro atoms. The Morgan fingerprint density at radius 2 is 1.61 bits per heavy atom. The highest BCUT2D eigenvalue weighted by molar-refractivity contribution is 5.91. The zero-order valence-corrected chi connectivity index (χ0v) is 11.3. The van der Waals surface area contributed by atoms with E-state index >= 15 is 0 Å². The van der Waals surface area contributed by atoms with Crippen molar-refractivity contribution in [3.63, 3.8) is 0 Å². The molecule has 1 heterocycles. The number of amides is 1. The molecular formula is C13H8F6N2O2. The maximum Gasteiger partial charge on any atom is 0.469 e. The molecule has 1 amide bonds. The van der Waals surface area contributed by atoms with E-state index in [0.29, 0.717) is 12.1 Å². The number of aromatic nitrogens is 1. The minimum absolute atomic E-state index is 0.0685. The Kier molecular flexibility index (Phi) is 4.10. The van der Waals surface area contributed by atoms with Gasteiger partial charge in [0.25, 0.3) is 0 Å². The van der Waals surface area contributed by atoms with E-state index in [4.69, 9.17) is 0 Å². The van der Waals surface area contributed by atoms with E-state index in [0.717, 1.165) is 19.1 Å². The van der Waals surface area contributed by atoms with Gasteiger partial charge >= 0.3 is 18.2 Å². The standard InChI is InChI=1S/C13H8F6N2O2/c1-6(22)20-10-9(21-11(23-10)13(17,18)19)7-2-4-8(5-3-7)12(14,15)16/h2-5H,1H3,(H,20,22). The van der Waals surface area contributed by atoms with E-state index < -0.39 is 41.3 Å². The number of oxazole rings is 1. The third-order valence-electron chi connectivity index (χ3n) is 2.64. The van der Waals surface area contributed by atoms with Gasteiger partial charge < -0.3 is 4.42 Å². The monoisotopic (exact) mass is 338 g/mol. The van der Waals surface area contributed by atoms with E-state index in [2.05, 4.69) is 9.40 Å². The van der Waals surface area contributed by atoms with Crippen molar-refractivity contribution in [1.29, 1.82) is 0 Å². The van der Waals surface area contributed by atoms with E-state index in [1.165, 1.54) is 0 Å². The highest BCUT2D eigenvalue weighted by Gasteiger charge is 2.39. The molecule has 0 saturated heterocycles. The van der Waals surface area contributed by atoms with Gasteiger partial charge in [-0.2, -0.15) is 26.3 Å². The lowest BCUT2D eigenvalue weighted by Crippen LogP contribution is -2.06. The predicted octanol–water partition coefficient (Wildman–Crippen LogP) is 4.34. The Balaban J connectivity index is 2.48. The summed E-state index contributed by atoms with van der Waals surface area (Å²) in [5.74, 6) is -2.93. The van der Waals surface area contributed by atoms with Crippen LogP contribution in [0.3, 0.4) is 0 Å². The quantitative estimate of drug-likeness (QED) is 0.829. The molecule has 0 fully saturated rings. The van der Waals surface area contributed by atoms with Gasteiger partial charge in [-0.05, 0) is 12.1 Å². The average molecular weight is 338 g/mol. The molecule has 23 heavy (non-hydrogen) atoms. The maximum atomic E-state index is 12.6. The SMILES string of the molecule is CC(=O)Nc1oc(C(F)(F)F)nc1-c1ccc(C(F)(F)F)cc1. The van der Waals surface area contributed by atoms with Gasteiger partial charge in [-0.1, -0.05) is 12.1 Å². The molecule has 0 radical (unpaired) electrons. The van der Waals surface area contributed by atoms with Gasteiger partial charge in [0, 0.05) is 12.5 Å². The second kappa shape index (κ2) is 5.60.